The van der Waals surface area contributed by atoms with Gasteiger partial charge in [0.25, 0.3) is 0 Å². The zero-order chi connectivity index (χ0) is 16.1. The molecule has 1 aromatic heterocycles. The van der Waals surface area contributed by atoms with Gasteiger partial charge in [-0.2, -0.15) is 10.5 Å². The molecule has 1 amide bonds. The lowest BCUT2D eigenvalue weighted by Gasteiger charge is -2.11. The number of rotatable bonds is 4. The van der Waals surface area contributed by atoms with Gasteiger partial charge in [0.05, 0.1) is 19.1 Å². The van der Waals surface area contributed by atoms with Gasteiger partial charge in [0.1, 0.15) is 24.4 Å². The number of carbonyl (C=O) groups is 1. The van der Waals surface area contributed by atoms with Crippen molar-refractivity contribution in [1.29, 1.82) is 10.5 Å². The highest BCUT2D eigenvalue weighted by atomic mass is 35.5. The van der Waals surface area contributed by atoms with Gasteiger partial charge in [0, 0.05) is 5.02 Å². The first-order valence-electron chi connectivity index (χ1n) is 6.07. The maximum atomic E-state index is 12.1. The molecule has 0 radical (unpaired) electrons. The first-order chi connectivity index (χ1) is 10.6. The summed E-state index contributed by atoms with van der Waals surface area (Å²) in [6, 6.07) is 8.46. The number of carbonyl (C=O) groups excluding carboxylic acids is 1. The van der Waals surface area contributed by atoms with Crippen molar-refractivity contribution in [3.05, 3.63) is 40.9 Å². The summed E-state index contributed by atoms with van der Waals surface area (Å²) in [4.78, 5) is 15.8. The number of imidazole rings is 1. The summed E-state index contributed by atoms with van der Waals surface area (Å²) in [6.45, 7) is -0.159. The molecule has 110 valence electrons. The van der Waals surface area contributed by atoms with Gasteiger partial charge in [-0.1, -0.05) is 11.6 Å². The minimum Gasteiger partial charge on any atom is -0.495 e. The zero-order valence-corrected chi connectivity index (χ0v) is 12.3. The van der Waals surface area contributed by atoms with Crippen LogP contribution >= 0.6 is 11.6 Å². The Bertz CT molecular complexity index is 795. The number of nitriles is 2. The molecule has 8 heteroatoms. The Kier molecular flexibility index (Phi) is 4.62. The standard InChI is InChI=1S/C14H10ClN5O2/c1-22-13-3-2-9(15)4-10(13)19-14(21)7-20-8-18-11(5-16)12(20)6-17/h2-4,8H,7H2,1H3,(H,19,21). The van der Waals surface area contributed by atoms with Crippen molar-refractivity contribution in [2.24, 2.45) is 0 Å². The van der Waals surface area contributed by atoms with Crippen LogP contribution in [0.2, 0.25) is 5.02 Å². The molecule has 0 aliphatic rings. The summed E-state index contributed by atoms with van der Waals surface area (Å²) in [6.07, 6.45) is 1.27. The molecular weight excluding hydrogens is 306 g/mol. The SMILES string of the molecule is COc1ccc(Cl)cc1NC(=O)Cn1cnc(C#N)c1C#N. The maximum absolute atomic E-state index is 12.1. The lowest BCUT2D eigenvalue weighted by molar-refractivity contribution is -0.116. The second-order valence-corrected chi connectivity index (χ2v) is 4.62. The Labute approximate surface area is 131 Å². The number of nitrogens with one attached hydrogen (secondary N) is 1. The Balaban J connectivity index is 2.18. The molecule has 22 heavy (non-hydrogen) atoms. The third-order valence-electron chi connectivity index (χ3n) is 2.80. The summed E-state index contributed by atoms with van der Waals surface area (Å²) in [7, 11) is 1.47. The van der Waals surface area contributed by atoms with E-state index >= 15 is 0 Å². The molecule has 0 spiro atoms. The summed E-state index contributed by atoms with van der Waals surface area (Å²) in [5.41, 5.74) is 0.436. The van der Waals surface area contributed by atoms with E-state index in [2.05, 4.69) is 10.3 Å². The highest BCUT2D eigenvalue weighted by Crippen LogP contribution is 2.27. The molecule has 1 aromatic carbocycles. The quantitative estimate of drug-likeness (QED) is 0.928. The smallest absolute Gasteiger partial charge is 0.244 e. The minimum atomic E-state index is -0.404. The fourth-order valence-corrected chi connectivity index (χ4v) is 2.00. The largest absolute Gasteiger partial charge is 0.495 e. The number of benzene rings is 1. The van der Waals surface area contributed by atoms with Crippen LogP contribution in [0.3, 0.4) is 0 Å². The molecule has 0 aliphatic heterocycles. The van der Waals surface area contributed by atoms with Crippen LogP contribution in [0, 0.1) is 22.7 Å². The number of hydrogen-bond donors (Lipinski definition) is 1. The molecule has 0 saturated heterocycles. The van der Waals surface area contributed by atoms with Gasteiger partial charge in [-0.05, 0) is 18.2 Å². The van der Waals surface area contributed by atoms with Crippen molar-refractivity contribution in [3.63, 3.8) is 0 Å². The van der Waals surface area contributed by atoms with Gasteiger partial charge < -0.3 is 14.6 Å². The molecule has 2 aromatic rings. The molecule has 7 nitrogen and oxygen atoms in total. The van der Waals surface area contributed by atoms with E-state index in [0.29, 0.717) is 16.5 Å². The van der Waals surface area contributed by atoms with Crippen LogP contribution in [-0.2, 0) is 11.3 Å². The fraction of sp³-hybridized carbons (Fsp3) is 0.143. The molecule has 0 fully saturated rings. The third kappa shape index (κ3) is 3.17. The van der Waals surface area contributed by atoms with Crippen LogP contribution in [-0.4, -0.2) is 22.6 Å². The minimum absolute atomic E-state index is 0.0179. The van der Waals surface area contributed by atoms with Crippen molar-refractivity contribution in [2.45, 2.75) is 6.54 Å². The number of methoxy groups -OCH3 is 1. The van der Waals surface area contributed by atoms with Crippen molar-refractivity contribution in [1.82, 2.24) is 9.55 Å². The summed E-state index contributed by atoms with van der Waals surface area (Å²) < 4.78 is 6.43. The Morgan fingerprint density at radius 3 is 2.86 bits per heavy atom. The highest BCUT2D eigenvalue weighted by molar-refractivity contribution is 6.31. The average Bonchev–Trinajstić information content (AvgIpc) is 2.89. The summed E-state index contributed by atoms with van der Waals surface area (Å²) in [5, 5.41) is 20.9. The van der Waals surface area contributed by atoms with E-state index < -0.39 is 5.91 Å². The summed E-state index contributed by atoms with van der Waals surface area (Å²) in [5.74, 6) is 0.0561. The second-order valence-electron chi connectivity index (χ2n) is 4.19. The molecule has 0 aliphatic carbocycles. The molecule has 0 unspecified atom stereocenters. The van der Waals surface area contributed by atoms with Crippen molar-refractivity contribution in [2.75, 3.05) is 12.4 Å². The molecular formula is C14H10ClN5O2. The molecule has 0 bridgehead atoms. The Hall–Kier alpha value is -3.03. The van der Waals surface area contributed by atoms with E-state index in [0.717, 1.165) is 0 Å². The Morgan fingerprint density at radius 1 is 1.45 bits per heavy atom. The highest BCUT2D eigenvalue weighted by Gasteiger charge is 2.14. The average molecular weight is 316 g/mol. The number of nitrogens with zero attached hydrogens (tertiary/aromatic N) is 4. The zero-order valence-electron chi connectivity index (χ0n) is 11.5. The number of halogens is 1. The number of amides is 1. The lowest BCUT2D eigenvalue weighted by atomic mass is 10.3. The maximum Gasteiger partial charge on any atom is 0.244 e. The molecule has 0 atom stereocenters. The van der Waals surface area contributed by atoms with Crippen LogP contribution < -0.4 is 10.1 Å². The predicted octanol–water partition coefficient (Wildman–Crippen LogP) is 1.93. The molecule has 2 rings (SSSR count). The molecule has 0 saturated carbocycles. The van der Waals surface area contributed by atoms with E-state index in [1.54, 1.807) is 24.3 Å². The van der Waals surface area contributed by atoms with Crippen LogP contribution in [0.5, 0.6) is 5.75 Å². The monoisotopic (exact) mass is 315 g/mol. The van der Waals surface area contributed by atoms with E-state index in [4.69, 9.17) is 26.9 Å². The predicted molar refractivity (Wildman–Crippen MR) is 78.3 cm³/mol. The van der Waals surface area contributed by atoms with Gasteiger partial charge in [-0.25, -0.2) is 4.98 Å². The molecule has 1 heterocycles. The van der Waals surface area contributed by atoms with Crippen molar-refractivity contribution in [3.8, 4) is 17.9 Å². The van der Waals surface area contributed by atoms with Gasteiger partial charge in [0.15, 0.2) is 11.4 Å². The molecule has 1 N–H and O–H groups in total. The van der Waals surface area contributed by atoms with E-state index in [-0.39, 0.29) is 17.9 Å². The van der Waals surface area contributed by atoms with Gasteiger partial charge in [-0.15, -0.1) is 0 Å². The van der Waals surface area contributed by atoms with Gasteiger partial charge >= 0.3 is 0 Å². The van der Waals surface area contributed by atoms with Crippen molar-refractivity contribution >= 4 is 23.2 Å². The topological polar surface area (TPSA) is 104 Å². The first-order valence-corrected chi connectivity index (χ1v) is 6.45. The fourth-order valence-electron chi connectivity index (χ4n) is 1.82. The van der Waals surface area contributed by atoms with Crippen LogP contribution in [0.1, 0.15) is 11.4 Å². The van der Waals surface area contributed by atoms with E-state index in [1.807, 2.05) is 6.07 Å². The number of hydrogen-bond acceptors (Lipinski definition) is 5. The number of aromatic nitrogens is 2. The third-order valence-corrected chi connectivity index (χ3v) is 3.03. The number of anilines is 1. The lowest BCUT2D eigenvalue weighted by Crippen LogP contribution is -2.19. The van der Waals surface area contributed by atoms with Gasteiger partial charge in [-0.3, -0.25) is 4.79 Å². The van der Waals surface area contributed by atoms with Crippen LogP contribution in [0.4, 0.5) is 5.69 Å². The van der Waals surface area contributed by atoms with Gasteiger partial charge in [0.2, 0.25) is 5.91 Å². The second kappa shape index (κ2) is 6.61. The normalized spacial score (nSPS) is 9.64. The van der Waals surface area contributed by atoms with E-state index in [9.17, 15) is 4.79 Å². The summed E-state index contributed by atoms with van der Waals surface area (Å²) >= 11 is 5.89. The first kappa shape index (κ1) is 15.4. The Morgan fingerprint density at radius 2 is 2.23 bits per heavy atom. The van der Waals surface area contributed by atoms with E-state index in [1.165, 1.54) is 18.0 Å². The number of ether oxygens (including phenoxy) is 1. The van der Waals surface area contributed by atoms with Crippen LogP contribution in [0.25, 0.3) is 0 Å². The van der Waals surface area contributed by atoms with Crippen molar-refractivity contribution < 1.29 is 9.53 Å². The van der Waals surface area contributed by atoms with Crippen LogP contribution in [0.15, 0.2) is 24.5 Å².